The van der Waals surface area contributed by atoms with Crippen molar-refractivity contribution in [2.45, 2.75) is 38.1 Å². The van der Waals surface area contributed by atoms with Crippen molar-refractivity contribution in [3.63, 3.8) is 0 Å². The molecule has 92 valence electrons. The highest BCUT2D eigenvalue weighted by molar-refractivity contribution is 7.99. The average molecular weight is 243 g/mol. The highest BCUT2D eigenvalue weighted by Gasteiger charge is 2.42. The number of carbonyl (C=O) groups is 1. The van der Waals surface area contributed by atoms with Gasteiger partial charge in [-0.3, -0.25) is 9.69 Å². The number of thioether (sulfide) groups is 1. The van der Waals surface area contributed by atoms with Gasteiger partial charge in [0.1, 0.15) is 5.54 Å². The lowest BCUT2D eigenvalue weighted by Gasteiger charge is -2.42. The molecule has 0 spiro atoms. The number of carboxylic acids is 1. The summed E-state index contributed by atoms with van der Waals surface area (Å²) >= 11 is 2.01. The van der Waals surface area contributed by atoms with E-state index in [-0.39, 0.29) is 0 Å². The minimum atomic E-state index is -0.641. The molecule has 2 aliphatic rings. The molecule has 2 aliphatic heterocycles. The van der Waals surface area contributed by atoms with E-state index in [1.165, 1.54) is 17.9 Å². The van der Waals surface area contributed by atoms with Crippen LogP contribution in [0.2, 0.25) is 0 Å². The van der Waals surface area contributed by atoms with E-state index in [1.54, 1.807) is 0 Å². The maximum absolute atomic E-state index is 11.4. The van der Waals surface area contributed by atoms with E-state index in [0.717, 1.165) is 32.4 Å². The van der Waals surface area contributed by atoms with Gasteiger partial charge in [0.05, 0.1) is 0 Å². The zero-order valence-corrected chi connectivity index (χ0v) is 10.8. The Morgan fingerprint density at radius 2 is 2.38 bits per heavy atom. The van der Waals surface area contributed by atoms with Crippen LogP contribution in [0.15, 0.2) is 0 Å². The minimum absolute atomic E-state index is 0.606. The van der Waals surface area contributed by atoms with Gasteiger partial charge >= 0.3 is 5.97 Å². The fraction of sp³-hybridized carbons (Fsp3) is 0.917. The molecule has 0 aliphatic carbocycles. The summed E-state index contributed by atoms with van der Waals surface area (Å²) < 4.78 is 0. The molecular formula is C12H21NO2S. The fourth-order valence-corrected chi connectivity index (χ4v) is 4.02. The van der Waals surface area contributed by atoms with Gasteiger partial charge in [0.15, 0.2) is 0 Å². The van der Waals surface area contributed by atoms with Crippen LogP contribution in [-0.2, 0) is 4.79 Å². The van der Waals surface area contributed by atoms with Gasteiger partial charge in [0.25, 0.3) is 0 Å². The highest BCUT2D eigenvalue weighted by atomic mass is 32.2. The molecule has 2 unspecified atom stereocenters. The summed E-state index contributed by atoms with van der Waals surface area (Å²) in [6.45, 7) is 3.84. The van der Waals surface area contributed by atoms with Crippen molar-refractivity contribution >= 4 is 17.7 Å². The van der Waals surface area contributed by atoms with E-state index in [4.69, 9.17) is 0 Å². The third kappa shape index (κ3) is 2.38. The third-order valence-electron chi connectivity index (χ3n) is 4.00. The molecule has 16 heavy (non-hydrogen) atoms. The number of nitrogens with zero attached hydrogens (tertiary/aromatic N) is 1. The lowest BCUT2D eigenvalue weighted by atomic mass is 9.87. The first-order chi connectivity index (χ1) is 7.63. The summed E-state index contributed by atoms with van der Waals surface area (Å²) in [7, 11) is 0. The normalized spacial score (nSPS) is 36.4. The molecule has 2 fully saturated rings. The molecule has 0 bridgehead atoms. The van der Waals surface area contributed by atoms with E-state index in [1.807, 2.05) is 18.7 Å². The highest BCUT2D eigenvalue weighted by Crippen LogP contribution is 2.32. The van der Waals surface area contributed by atoms with Crippen molar-refractivity contribution in [3.05, 3.63) is 0 Å². The fourth-order valence-electron chi connectivity index (χ4n) is 2.75. The molecule has 0 aromatic carbocycles. The van der Waals surface area contributed by atoms with Crippen molar-refractivity contribution in [1.82, 2.24) is 4.90 Å². The zero-order chi connectivity index (χ0) is 11.6. The summed E-state index contributed by atoms with van der Waals surface area (Å²) in [6, 6.07) is 0. The second-order valence-corrected chi connectivity index (χ2v) is 6.36. The maximum atomic E-state index is 11.4. The topological polar surface area (TPSA) is 40.5 Å². The van der Waals surface area contributed by atoms with Crippen LogP contribution in [-0.4, -0.2) is 46.1 Å². The number of hydrogen-bond donors (Lipinski definition) is 1. The van der Waals surface area contributed by atoms with E-state index in [2.05, 4.69) is 4.90 Å². The van der Waals surface area contributed by atoms with Crippen LogP contribution in [0.5, 0.6) is 0 Å². The Morgan fingerprint density at radius 3 is 3.00 bits per heavy atom. The summed E-state index contributed by atoms with van der Waals surface area (Å²) in [5.74, 6) is 2.54. The Balaban J connectivity index is 2.01. The molecule has 0 saturated carbocycles. The Bertz CT molecular complexity index is 266. The number of aliphatic carboxylic acids is 1. The molecule has 0 radical (unpaired) electrons. The third-order valence-corrected chi connectivity index (χ3v) is 5.23. The van der Waals surface area contributed by atoms with Crippen LogP contribution in [0.4, 0.5) is 0 Å². The lowest BCUT2D eigenvalue weighted by molar-refractivity contribution is -0.153. The van der Waals surface area contributed by atoms with Crippen LogP contribution in [0.25, 0.3) is 0 Å². The molecule has 2 saturated heterocycles. The summed E-state index contributed by atoms with van der Waals surface area (Å²) in [4.78, 5) is 13.6. The van der Waals surface area contributed by atoms with Crippen LogP contribution >= 0.6 is 11.8 Å². The Morgan fingerprint density at radius 1 is 1.56 bits per heavy atom. The first kappa shape index (κ1) is 12.2. The number of rotatable bonds is 3. The molecule has 0 amide bonds. The first-order valence-corrected chi connectivity index (χ1v) is 7.34. The summed E-state index contributed by atoms with van der Waals surface area (Å²) in [5.41, 5.74) is -0.606. The van der Waals surface area contributed by atoms with E-state index in [0.29, 0.717) is 5.92 Å². The number of piperidine rings is 1. The van der Waals surface area contributed by atoms with Gasteiger partial charge in [0.2, 0.25) is 0 Å². The molecule has 2 atom stereocenters. The smallest absolute Gasteiger partial charge is 0.323 e. The number of hydrogen-bond acceptors (Lipinski definition) is 3. The maximum Gasteiger partial charge on any atom is 0.323 e. The lowest BCUT2D eigenvalue weighted by Crippen LogP contribution is -2.56. The molecule has 2 rings (SSSR count). The Hall–Kier alpha value is -0.220. The quantitative estimate of drug-likeness (QED) is 0.824. The average Bonchev–Trinajstić information content (AvgIpc) is 2.74. The Kier molecular flexibility index (Phi) is 3.80. The van der Waals surface area contributed by atoms with Crippen LogP contribution in [0.1, 0.15) is 32.6 Å². The number of carboxylic acid groups (broad SMARTS) is 1. The van der Waals surface area contributed by atoms with E-state index in [9.17, 15) is 9.90 Å². The molecule has 0 aromatic heterocycles. The second-order valence-electron chi connectivity index (χ2n) is 5.21. The van der Waals surface area contributed by atoms with E-state index >= 15 is 0 Å². The largest absolute Gasteiger partial charge is 0.480 e. The summed E-state index contributed by atoms with van der Waals surface area (Å²) in [6.07, 6.45) is 4.28. The SMILES string of the molecule is CC1(C(=O)O)CCCCN1CC1CCSC1. The zero-order valence-electron chi connectivity index (χ0n) is 9.95. The van der Waals surface area contributed by atoms with Gasteiger partial charge in [-0.1, -0.05) is 0 Å². The van der Waals surface area contributed by atoms with Crippen LogP contribution in [0.3, 0.4) is 0 Å². The molecule has 1 N–H and O–H groups in total. The molecule has 3 nitrogen and oxygen atoms in total. The van der Waals surface area contributed by atoms with Gasteiger partial charge in [-0.15, -0.1) is 0 Å². The molecule has 0 aromatic rings. The monoisotopic (exact) mass is 243 g/mol. The van der Waals surface area contributed by atoms with E-state index < -0.39 is 11.5 Å². The predicted molar refractivity (Wildman–Crippen MR) is 66.9 cm³/mol. The van der Waals surface area contributed by atoms with Gasteiger partial charge in [-0.05, 0) is 56.6 Å². The van der Waals surface area contributed by atoms with Crippen molar-refractivity contribution in [3.8, 4) is 0 Å². The summed E-state index contributed by atoms with van der Waals surface area (Å²) in [5, 5.41) is 9.39. The van der Waals surface area contributed by atoms with Gasteiger partial charge in [-0.2, -0.15) is 11.8 Å². The standard InChI is InChI=1S/C12H21NO2S/c1-12(11(14)15)5-2-3-6-13(12)8-10-4-7-16-9-10/h10H,2-9H2,1H3,(H,14,15). The van der Waals surface area contributed by atoms with Crippen molar-refractivity contribution in [1.29, 1.82) is 0 Å². The van der Waals surface area contributed by atoms with Crippen LogP contribution in [0, 0.1) is 5.92 Å². The molecular weight excluding hydrogens is 222 g/mol. The van der Waals surface area contributed by atoms with Crippen LogP contribution < -0.4 is 0 Å². The Labute approximate surface area is 102 Å². The van der Waals surface area contributed by atoms with Gasteiger partial charge < -0.3 is 5.11 Å². The van der Waals surface area contributed by atoms with Gasteiger partial charge in [0, 0.05) is 6.54 Å². The minimum Gasteiger partial charge on any atom is -0.480 e. The number of likely N-dealkylation sites (tertiary alicyclic amines) is 1. The van der Waals surface area contributed by atoms with Crippen molar-refractivity contribution in [2.75, 3.05) is 24.6 Å². The van der Waals surface area contributed by atoms with Gasteiger partial charge in [-0.25, -0.2) is 0 Å². The predicted octanol–water partition coefficient (Wildman–Crippen LogP) is 2.07. The van der Waals surface area contributed by atoms with Crippen molar-refractivity contribution < 1.29 is 9.90 Å². The molecule has 2 heterocycles. The molecule has 4 heteroatoms. The second kappa shape index (κ2) is 4.96. The first-order valence-electron chi connectivity index (χ1n) is 6.19. The van der Waals surface area contributed by atoms with Crippen molar-refractivity contribution in [2.24, 2.45) is 5.92 Å².